The topological polar surface area (TPSA) is 32.3 Å². The van der Waals surface area contributed by atoms with Crippen LogP contribution in [0.5, 0.6) is 0 Å². The van der Waals surface area contributed by atoms with Crippen molar-refractivity contribution >= 4 is 5.95 Å². The molecular weight excluding hydrogens is 308 g/mol. The van der Waals surface area contributed by atoms with E-state index in [4.69, 9.17) is 4.98 Å². The maximum atomic E-state index is 4.79. The average molecular weight is 330 g/mol. The molecule has 25 heavy (non-hydrogen) atoms. The van der Waals surface area contributed by atoms with Crippen molar-refractivity contribution < 1.29 is 0 Å². The van der Waals surface area contributed by atoms with Crippen LogP contribution in [0.4, 0.5) is 5.95 Å². The smallest absolute Gasteiger partial charge is 0.225 e. The Bertz CT molecular complexity index is 822. The summed E-state index contributed by atoms with van der Waals surface area (Å²) >= 11 is 0. The van der Waals surface area contributed by atoms with Crippen molar-refractivity contribution in [1.29, 1.82) is 0 Å². The molecule has 0 saturated carbocycles. The Balaban J connectivity index is 1.57. The zero-order valence-electron chi connectivity index (χ0n) is 14.5. The normalized spacial score (nSPS) is 15.3. The second-order valence-electron chi connectivity index (χ2n) is 6.48. The first-order valence-electron chi connectivity index (χ1n) is 8.72. The first-order chi connectivity index (χ1) is 12.3. The number of likely N-dealkylation sites (N-methyl/N-ethyl adjacent to an activating group) is 1. The van der Waals surface area contributed by atoms with Gasteiger partial charge in [-0.1, -0.05) is 54.6 Å². The molecule has 0 amide bonds. The molecule has 0 unspecified atom stereocenters. The molecule has 1 aromatic heterocycles. The molecule has 2 aromatic carbocycles. The molecule has 3 aromatic rings. The Kier molecular flexibility index (Phi) is 4.44. The Morgan fingerprint density at radius 3 is 2.08 bits per heavy atom. The molecular formula is C21H22N4. The van der Waals surface area contributed by atoms with E-state index in [9.17, 15) is 0 Å². The van der Waals surface area contributed by atoms with Gasteiger partial charge in [0.25, 0.3) is 0 Å². The fourth-order valence-corrected chi connectivity index (χ4v) is 3.13. The van der Waals surface area contributed by atoms with Crippen LogP contribution in [0.2, 0.25) is 0 Å². The highest BCUT2D eigenvalue weighted by molar-refractivity contribution is 5.69. The van der Waals surface area contributed by atoms with Crippen molar-refractivity contribution in [2.24, 2.45) is 0 Å². The van der Waals surface area contributed by atoms with Crippen molar-refractivity contribution in [3.05, 3.63) is 66.9 Å². The summed E-state index contributed by atoms with van der Waals surface area (Å²) in [6, 6.07) is 21.0. The molecule has 0 aliphatic carbocycles. The molecule has 0 bridgehead atoms. The number of piperazine rings is 1. The summed E-state index contributed by atoms with van der Waals surface area (Å²) < 4.78 is 0. The van der Waals surface area contributed by atoms with Crippen LogP contribution < -0.4 is 4.90 Å². The lowest BCUT2D eigenvalue weighted by molar-refractivity contribution is 0.311. The maximum absolute atomic E-state index is 4.79. The number of nitrogens with zero attached hydrogens (tertiary/aromatic N) is 4. The Morgan fingerprint density at radius 2 is 1.36 bits per heavy atom. The molecule has 0 N–H and O–H groups in total. The van der Waals surface area contributed by atoms with Gasteiger partial charge < -0.3 is 9.80 Å². The molecule has 2 heterocycles. The fraction of sp³-hybridized carbons (Fsp3) is 0.238. The van der Waals surface area contributed by atoms with Crippen LogP contribution >= 0.6 is 0 Å². The van der Waals surface area contributed by atoms with Crippen molar-refractivity contribution in [3.8, 4) is 22.4 Å². The molecule has 4 rings (SSSR count). The first kappa shape index (κ1) is 15.8. The maximum Gasteiger partial charge on any atom is 0.225 e. The second-order valence-corrected chi connectivity index (χ2v) is 6.48. The Labute approximate surface area is 148 Å². The van der Waals surface area contributed by atoms with Gasteiger partial charge in [0.1, 0.15) is 0 Å². The van der Waals surface area contributed by atoms with Crippen LogP contribution in [0.25, 0.3) is 22.4 Å². The van der Waals surface area contributed by atoms with E-state index in [0.29, 0.717) is 0 Å². The lowest BCUT2D eigenvalue weighted by Gasteiger charge is -2.32. The molecule has 1 aliphatic heterocycles. The molecule has 4 nitrogen and oxygen atoms in total. The van der Waals surface area contributed by atoms with E-state index < -0.39 is 0 Å². The lowest BCUT2D eigenvalue weighted by atomic mass is 10.0. The molecule has 0 radical (unpaired) electrons. The zero-order valence-corrected chi connectivity index (χ0v) is 14.5. The van der Waals surface area contributed by atoms with E-state index in [0.717, 1.165) is 43.4 Å². The van der Waals surface area contributed by atoms with Crippen LogP contribution in [-0.4, -0.2) is 48.1 Å². The molecule has 1 fully saturated rings. The van der Waals surface area contributed by atoms with Crippen molar-refractivity contribution in [2.45, 2.75) is 0 Å². The van der Waals surface area contributed by atoms with Gasteiger partial charge in [-0.05, 0) is 24.2 Å². The van der Waals surface area contributed by atoms with Crippen LogP contribution in [0.15, 0.2) is 66.9 Å². The van der Waals surface area contributed by atoms with Gasteiger partial charge >= 0.3 is 0 Å². The molecule has 0 spiro atoms. The minimum atomic E-state index is 0.831. The van der Waals surface area contributed by atoms with Crippen molar-refractivity contribution in [3.63, 3.8) is 0 Å². The van der Waals surface area contributed by atoms with Crippen LogP contribution in [0.3, 0.4) is 0 Å². The van der Waals surface area contributed by atoms with E-state index in [-0.39, 0.29) is 0 Å². The monoisotopic (exact) mass is 330 g/mol. The Hall–Kier alpha value is -2.72. The third kappa shape index (κ3) is 3.54. The highest BCUT2D eigenvalue weighted by Crippen LogP contribution is 2.24. The highest BCUT2D eigenvalue weighted by atomic mass is 15.3. The molecule has 1 aliphatic rings. The van der Waals surface area contributed by atoms with Gasteiger partial charge in [-0.3, -0.25) is 0 Å². The first-order valence-corrected chi connectivity index (χ1v) is 8.72. The van der Waals surface area contributed by atoms with Gasteiger partial charge in [0.2, 0.25) is 5.95 Å². The molecule has 4 heteroatoms. The second kappa shape index (κ2) is 7.03. The summed E-state index contributed by atoms with van der Waals surface area (Å²) in [7, 11) is 2.16. The number of hydrogen-bond donors (Lipinski definition) is 0. The number of benzene rings is 2. The fourth-order valence-electron chi connectivity index (χ4n) is 3.13. The molecule has 0 atom stereocenters. The zero-order chi connectivity index (χ0) is 17.1. The van der Waals surface area contributed by atoms with Gasteiger partial charge in [0.05, 0.1) is 5.69 Å². The number of aromatic nitrogens is 2. The molecule has 1 saturated heterocycles. The standard InChI is InChI=1S/C21H22N4/c1-24-13-15-25(16-14-24)21-22-12-11-20(23-21)19-9-7-18(8-10-19)17-5-3-2-4-6-17/h2-12H,13-16H2,1H3. The Morgan fingerprint density at radius 1 is 0.720 bits per heavy atom. The van der Waals surface area contributed by atoms with Crippen LogP contribution in [-0.2, 0) is 0 Å². The third-order valence-electron chi connectivity index (χ3n) is 4.72. The highest BCUT2D eigenvalue weighted by Gasteiger charge is 2.16. The summed E-state index contributed by atoms with van der Waals surface area (Å²) in [6.45, 7) is 4.07. The number of anilines is 1. The van der Waals surface area contributed by atoms with E-state index in [1.165, 1.54) is 11.1 Å². The van der Waals surface area contributed by atoms with Gasteiger partial charge in [-0.15, -0.1) is 0 Å². The largest absolute Gasteiger partial charge is 0.338 e. The summed E-state index contributed by atoms with van der Waals surface area (Å²) in [5, 5.41) is 0. The lowest BCUT2D eigenvalue weighted by Crippen LogP contribution is -2.45. The third-order valence-corrected chi connectivity index (χ3v) is 4.72. The van der Waals surface area contributed by atoms with Crippen molar-refractivity contribution in [2.75, 3.05) is 38.1 Å². The van der Waals surface area contributed by atoms with Crippen LogP contribution in [0, 0.1) is 0 Å². The van der Waals surface area contributed by atoms with E-state index in [1.54, 1.807) is 0 Å². The van der Waals surface area contributed by atoms with E-state index in [1.807, 2.05) is 18.3 Å². The minimum absolute atomic E-state index is 0.831. The van der Waals surface area contributed by atoms with Gasteiger partial charge in [0.15, 0.2) is 0 Å². The minimum Gasteiger partial charge on any atom is -0.338 e. The quantitative estimate of drug-likeness (QED) is 0.735. The van der Waals surface area contributed by atoms with E-state index in [2.05, 4.69) is 70.4 Å². The predicted octanol–water partition coefficient (Wildman–Crippen LogP) is 3.56. The molecule has 126 valence electrons. The number of hydrogen-bond acceptors (Lipinski definition) is 4. The SMILES string of the molecule is CN1CCN(c2nccc(-c3ccc(-c4ccccc4)cc3)n2)CC1. The van der Waals surface area contributed by atoms with Gasteiger partial charge in [-0.25, -0.2) is 9.97 Å². The average Bonchev–Trinajstić information content (AvgIpc) is 2.69. The summed E-state index contributed by atoms with van der Waals surface area (Å²) in [6.07, 6.45) is 1.86. The van der Waals surface area contributed by atoms with Crippen molar-refractivity contribution in [1.82, 2.24) is 14.9 Å². The number of rotatable bonds is 3. The summed E-state index contributed by atoms with van der Waals surface area (Å²) in [4.78, 5) is 13.9. The van der Waals surface area contributed by atoms with Gasteiger partial charge in [-0.2, -0.15) is 0 Å². The van der Waals surface area contributed by atoms with E-state index >= 15 is 0 Å². The van der Waals surface area contributed by atoms with Gasteiger partial charge in [0, 0.05) is 37.9 Å². The summed E-state index contributed by atoms with van der Waals surface area (Å²) in [5.41, 5.74) is 4.55. The van der Waals surface area contributed by atoms with Crippen LogP contribution in [0.1, 0.15) is 0 Å². The summed E-state index contributed by atoms with van der Waals surface area (Å²) in [5.74, 6) is 0.831. The predicted molar refractivity (Wildman–Crippen MR) is 103 cm³/mol.